The lowest BCUT2D eigenvalue weighted by atomic mass is 10.1. The molecule has 0 aliphatic carbocycles. The molecule has 0 saturated heterocycles. The summed E-state index contributed by atoms with van der Waals surface area (Å²) in [6, 6.07) is 5.19. The Balaban J connectivity index is 1.82. The van der Waals surface area contributed by atoms with Crippen LogP contribution in [-0.4, -0.2) is 29.2 Å². The van der Waals surface area contributed by atoms with Crippen molar-refractivity contribution in [2.24, 2.45) is 4.99 Å². The van der Waals surface area contributed by atoms with Crippen LogP contribution in [0.4, 0.5) is 4.39 Å². The third kappa shape index (κ3) is 5.64. The number of nitrogens with zero attached hydrogens (tertiary/aromatic N) is 3. The van der Waals surface area contributed by atoms with E-state index < -0.39 is 0 Å². The summed E-state index contributed by atoms with van der Waals surface area (Å²) in [5, 5.41) is 10.2. The van der Waals surface area contributed by atoms with Crippen LogP contribution in [0.3, 0.4) is 0 Å². The second kappa shape index (κ2) is 9.00. The Kier molecular flexibility index (Phi) is 6.72. The van der Waals surface area contributed by atoms with Gasteiger partial charge in [0.2, 0.25) is 5.89 Å². The van der Waals surface area contributed by atoms with E-state index in [4.69, 9.17) is 4.52 Å². The van der Waals surface area contributed by atoms with Crippen molar-refractivity contribution in [2.75, 3.05) is 13.1 Å². The van der Waals surface area contributed by atoms with Gasteiger partial charge in [-0.15, -0.1) is 0 Å². The number of halogens is 1. The number of hydrogen-bond donors (Lipinski definition) is 2. The Morgan fingerprint density at radius 2 is 2.12 bits per heavy atom. The van der Waals surface area contributed by atoms with E-state index in [1.807, 2.05) is 13.0 Å². The lowest BCUT2D eigenvalue weighted by Gasteiger charge is -2.11. The lowest BCUT2D eigenvalue weighted by Crippen LogP contribution is -2.37. The molecule has 0 amide bonds. The van der Waals surface area contributed by atoms with E-state index in [0.29, 0.717) is 29.8 Å². The molecule has 0 aliphatic rings. The van der Waals surface area contributed by atoms with Crippen molar-refractivity contribution in [1.29, 1.82) is 0 Å². The number of rotatable bonds is 7. The van der Waals surface area contributed by atoms with E-state index in [2.05, 4.69) is 25.8 Å². The smallest absolute Gasteiger partial charge is 0.226 e. The summed E-state index contributed by atoms with van der Waals surface area (Å²) >= 11 is 0. The second-order valence-electron chi connectivity index (χ2n) is 5.54. The van der Waals surface area contributed by atoms with Crippen LogP contribution in [-0.2, 0) is 13.0 Å². The first-order valence-corrected chi connectivity index (χ1v) is 8.15. The van der Waals surface area contributed by atoms with Crippen LogP contribution >= 0.6 is 0 Å². The zero-order valence-corrected chi connectivity index (χ0v) is 14.4. The van der Waals surface area contributed by atoms with Gasteiger partial charge in [0.05, 0.1) is 6.54 Å². The molecule has 2 N–H and O–H groups in total. The van der Waals surface area contributed by atoms with E-state index in [-0.39, 0.29) is 5.82 Å². The van der Waals surface area contributed by atoms with Gasteiger partial charge < -0.3 is 15.2 Å². The van der Waals surface area contributed by atoms with Gasteiger partial charge in [0.1, 0.15) is 5.82 Å². The van der Waals surface area contributed by atoms with Crippen LogP contribution in [0.2, 0.25) is 0 Å². The molecule has 130 valence electrons. The first-order chi connectivity index (χ1) is 11.6. The van der Waals surface area contributed by atoms with Crippen LogP contribution in [0.5, 0.6) is 0 Å². The predicted octanol–water partition coefficient (Wildman–Crippen LogP) is 2.51. The third-order valence-corrected chi connectivity index (χ3v) is 3.43. The Bertz CT molecular complexity index is 683. The Hall–Kier alpha value is -2.44. The minimum absolute atomic E-state index is 0.199. The minimum Gasteiger partial charge on any atom is -0.357 e. The summed E-state index contributed by atoms with van der Waals surface area (Å²) in [6.45, 7) is 7.47. The maximum atomic E-state index is 13.6. The van der Waals surface area contributed by atoms with E-state index in [9.17, 15) is 4.39 Å². The van der Waals surface area contributed by atoms with Gasteiger partial charge >= 0.3 is 0 Å². The molecule has 24 heavy (non-hydrogen) atoms. The van der Waals surface area contributed by atoms with Gasteiger partial charge in [-0.25, -0.2) is 9.38 Å². The van der Waals surface area contributed by atoms with Crippen molar-refractivity contribution in [1.82, 2.24) is 20.8 Å². The molecule has 1 aromatic heterocycles. The SMILES string of the molecule is CCNC(=NCc1ccc(C)c(F)c1)NCCCc1nc(C)no1. The number of aromatic nitrogens is 2. The average molecular weight is 333 g/mol. The molecule has 1 heterocycles. The molecule has 6 nitrogen and oxygen atoms in total. The maximum absolute atomic E-state index is 13.6. The third-order valence-electron chi connectivity index (χ3n) is 3.43. The number of benzene rings is 1. The fraction of sp³-hybridized carbons (Fsp3) is 0.471. The number of aryl methyl sites for hydroxylation is 3. The van der Waals surface area contributed by atoms with Crippen molar-refractivity contribution >= 4 is 5.96 Å². The highest BCUT2D eigenvalue weighted by molar-refractivity contribution is 5.79. The van der Waals surface area contributed by atoms with Crippen molar-refractivity contribution in [2.45, 2.75) is 40.2 Å². The van der Waals surface area contributed by atoms with Gasteiger partial charge in [-0.05, 0) is 44.4 Å². The zero-order valence-electron chi connectivity index (χ0n) is 14.4. The van der Waals surface area contributed by atoms with Crippen molar-refractivity contribution < 1.29 is 8.91 Å². The molecule has 7 heteroatoms. The van der Waals surface area contributed by atoms with E-state index >= 15 is 0 Å². The van der Waals surface area contributed by atoms with Crippen molar-refractivity contribution in [3.05, 3.63) is 46.9 Å². The van der Waals surface area contributed by atoms with Gasteiger partial charge in [0.15, 0.2) is 11.8 Å². The zero-order chi connectivity index (χ0) is 17.4. The largest absolute Gasteiger partial charge is 0.357 e. The summed E-state index contributed by atoms with van der Waals surface area (Å²) in [7, 11) is 0. The lowest BCUT2D eigenvalue weighted by molar-refractivity contribution is 0.372. The molecule has 0 bridgehead atoms. The second-order valence-corrected chi connectivity index (χ2v) is 5.54. The number of guanidine groups is 1. The molecule has 1 aromatic carbocycles. The van der Waals surface area contributed by atoms with Crippen molar-refractivity contribution in [3.63, 3.8) is 0 Å². The minimum atomic E-state index is -0.199. The van der Waals surface area contributed by atoms with Crippen molar-refractivity contribution in [3.8, 4) is 0 Å². The molecule has 0 saturated carbocycles. The average Bonchev–Trinajstić information content (AvgIpc) is 2.97. The van der Waals surface area contributed by atoms with E-state index in [1.54, 1.807) is 19.9 Å². The molecule has 0 radical (unpaired) electrons. The summed E-state index contributed by atoms with van der Waals surface area (Å²) in [5.74, 6) is 1.81. The number of nitrogens with one attached hydrogen (secondary N) is 2. The van der Waals surface area contributed by atoms with Crippen LogP contribution in [0, 0.1) is 19.7 Å². The van der Waals surface area contributed by atoms with E-state index in [1.165, 1.54) is 6.07 Å². The maximum Gasteiger partial charge on any atom is 0.226 e. The Morgan fingerprint density at radius 3 is 2.79 bits per heavy atom. The molecular weight excluding hydrogens is 309 g/mol. The molecule has 0 aliphatic heterocycles. The van der Waals surface area contributed by atoms with Gasteiger partial charge in [0, 0.05) is 19.5 Å². The molecule has 2 rings (SSSR count). The van der Waals surface area contributed by atoms with Gasteiger partial charge in [-0.1, -0.05) is 17.3 Å². The first kappa shape index (κ1) is 17.9. The highest BCUT2D eigenvalue weighted by Gasteiger charge is 2.03. The number of aliphatic imine (C=N–C) groups is 1. The van der Waals surface area contributed by atoms with E-state index in [0.717, 1.165) is 31.5 Å². The molecule has 0 atom stereocenters. The predicted molar refractivity (Wildman–Crippen MR) is 91.3 cm³/mol. The fourth-order valence-corrected chi connectivity index (χ4v) is 2.13. The summed E-state index contributed by atoms with van der Waals surface area (Å²) in [5.41, 5.74) is 1.49. The molecule has 0 fully saturated rings. The molecule has 2 aromatic rings. The van der Waals surface area contributed by atoms with Gasteiger partial charge in [-0.3, -0.25) is 0 Å². The van der Waals surface area contributed by atoms with Crippen LogP contribution in [0.25, 0.3) is 0 Å². The number of hydrogen-bond acceptors (Lipinski definition) is 4. The summed E-state index contributed by atoms with van der Waals surface area (Å²) < 4.78 is 18.6. The highest BCUT2D eigenvalue weighted by Crippen LogP contribution is 2.10. The topological polar surface area (TPSA) is 75.3 Å². The molecule has 0 spiro atoms. The van der Waals surface area contributed by atoms with Crippen LogP contribution in [0.15, 0.2) is 27.7 Å². The molecular formula is C17H24FN5O. The van der Waals surface area contributed by atoms with Crippen LogP contribution in [0.1, 0.15) is 36.2 Å². The quantitative estimate of drug-likeness (QED) is 0.463. The van der Waals surface area contributed by atoms with Gasteiger partial charge in [-0.2, -0.15) is 4.98 Å². The summed E-state index contributed by atoms with van der Waals surface area (Å²) in [6.07, 6.45) is 1.57. The Morgan fingerprint density at radius 1 is 1.29 bits per heavy atom. The van der Waals surface area contributed by atoms with Gasteiger partial charge in [0.25, 0.3) is 0 Å². The normalized spacial score (nSPS) is 11.6. The Labute approximate surface area is 141 Å². The monoisotopic (exact) mass is 333 g/mol. The van der Waals surface area contributed by atoms with Crippen LogP contribution < -0.4 is 10.6 Å². The molecule has 0 unspecified atom stereocenters. The summed E-state index contributed by atoms with van der Waals surface area (Å²) in [4.78, 5) is 8.65. The standard InChI is InChI=1S/C17H24FN5O/c1-4-19-17(20-9-5-6-16-22-13(3)23-24-16)21-11-14-8-7-12(2)15(18)10-14/h7-8,10H,4-6,9,11H2,1-3H3,(H2,19,20,21). The fourth-order valence-electron chi connectivity index (χ4n) is 2.13. The highest BCUT2D eigenvalue weighted by atomic mass is 19.1. The first-order valence-electron chi connectivity index (χ1n) is 8.15.